The van der Waals surface area contributed by atoms with Crippen LogP contribution in [0.4, 0.5) is 0 Å². The van der Waals surface area contributed by atoms with Crippen LogP contribution in [0, 0.1) is 6.58 Å². The van der Waals surface area contributed by atoms with Gasteiger partial charge in [-0.05, 0) is 13.3 Å². The molecule has 0 spiro atoms. The molecule has 0 fully saturated rings. The van der Waals surface area contributed by atoms with E-state index in [0.717, 1.165) is 6.42 Å². The molecule has 0 bridgehead atoms. The molecule has 0 aromatic rings. The van der Waals surface area contributed by atoms with Crippen molar-refractivity contribution in [2.75, 3.05) is 6.79 Å². The Kier molecular flexibility index (Phi) is 27.9. The van der Waals surface area contributed by atoms with Crippen molar-refractivity contribution in [1.29, 1.82) is 0 Å². The van der Waals surface area contributed by atoms with Crippen molar-refractivity contribution < 1.29 is 42.6 Å². The largest absolute Gasteiger partial charge is 0.521 e. The molecule has 0 aliphatic carbocycles. The smallest absolute Gasteiger partial charge is 0.143 e. The number of hydrogen-bond donors (Lipinski definition) is 1. The van der Waals surface area contributed by atoms with Crippen LogP contribution in [-0.2, 0) is 37.4 Å². The molecule has 0 amide bonds. The van der Waals surface area contributed by atoms with Crippen molar-refractivity contribution >= 4 is 0 Å². The van der Waals surface area contributed by atoms with Crippen LogP contribution < -0.4 is 0 Å². The first kappa shape index (κ1) is 17.0. The predicted molar refractivity (Wildman–Crippen MR) is 37.9 cm³/mol. The van der Waals surface area contributed by atoms with E-state index < -0.39 is 0 Å². The number of rotatable bonds is 3. The van der Waals surface area contributed by atoms with E-state index in [0.29, 0.717) is 0 Å². The second-order valence-corrected chi connectivity index (χ2v) is 1.51. The third kappa shape index (κ3) is 15.9. The third-order valence-electron chi connectivity index (χ3n) is 0.934. The molecular formula is C7H15O2Y-. The van der Waals surface area contributed by atoms with Gasteiger partial charge in [0.2, 0.25) is 0 Å². The number of aliphatic hydroxyl groups is 1. The Labute approximate surface area is 88.5 Å². The number of aliphatic hydroxyl groups excluding tert-OH is 1. The van der Waals surface area contributed by atoms with Gasteiger partial charge < -0.3 is 16.4 Å². The zero-order valence-electron chi connectivity index (χ0n) is 6.71. The Morgan fingerprint density at radius 1 is 1.60 bits per heavy atom. The summed E-state index contributed by atoms with van der Waals surface area (Å²) in [7, 11) is 0. The fraction of sp³-hybridized carbons (Fsp3) is 0.714. The molecule has 59 valence electrons. The summed E-state index contributed by atoms with van der Waals surface area (Å²) in [6.45, 7) is 10.8. The second-order valence-electron chi connectivity index (χ2n) is 1.51. The maximum atomic E-state index is 8.15. The molecule has 2 nitrogen and oxygen atoms in total. The molecule has 0 saturated heterocycles. The SMILES string of the molecule is CCC(C)OCO.[CH-]=C.[Y]. The van der Waals surface area contributed by atoms with Crippen molar-refractivity contribution in [1.82, 2.24) is 0 Å². The predicted octanol–water partition coefficient (Wildman–Crippen LogP) is 1.35. The molecule has 0 rings (SSSR count). The minimum Gasteiger partial charge on any atom is -0.521 e. The van der Waals surface area contributed by atoms with Gasteiger partial charge in [0.05, 0.1) is 6.10 Å². The van der Waals surface area contributed by atoms with Crippen LogP contribution in [0.5, 0.6) is 0 Å². The maximum Gasteiger partial charge on any atom is 0.143 e. The average Bonchev–Trinajstić information content (AvgIpc) is 1.93. The molecule has 0 aliphatic rings. The van der Waals surface area contributed by atoms with E-state index in [9.17, 15) is 0 Å². The molecule has 0 heterocycles. The summed E-state index contributed by atoms with van der Waals surface area (Å²) >= 11 is 0. The van der Waals surface area contributed by atoms with Gasteiger partial charge in [-0.2, -0.15) is 0 Å². The van der Waals surface area contributed by atoms with Crippen LogP contribution in [0.2, 0.25) is 0 Å². The Bertz CT molecular complexity index is 50.9. The maximum absolute atomic E-state index is 8.15. The topological polar surface area (TPSA) is 29.5 Å². The minimum atomic E-state index is -0.158. The van der Waals surface area contributed by atoms with Crippen molar-refractivity contribution in [3.05, 3.63) is 13.2 Å². The van der Waals surface area contributed by atoms with Gasteiger partial charge >= 0.3 is 0 Å². The fourth-order valence-corrected chi connectivity index (χ4v) is 0.245. The third-order valence-corrected chi connectivity index (χ3v) is 0.934. The number of hydrogen-bond acceptors (Lipinski definition) is 2. The van der Waals surface area contributed by atoms with Crippen molar-refractivity contribution in [2.24, 2.45) is 0 Å². The summed E-state index contributed by atoms with van der Waals surface area (Å²) in [4.78, 5) is 0. The Balaban J connectivity index is -0.000000149. The van der Waals surface area contributed by atoms with Crippen LogP contribution in [0.3, 0.4) is 0 Å². The van der Waals surface area contributed by atoms with E-state index >= 15 is 0 Å². The van der Waals surface area contributed by atoms with Gasteiger partial charge in [-0.3, -0.25) is 6.58 Å². The van der Waals surface area contributed by atoms with Gasteiger partial charge in [0.15, 0.2) is 0 Å². The van der Waals surface area contributed by atoms with E-state index in [-0.39, 0.29) is 45.6 Å². The van der Waals surface area contributed by atoms with Gasteiger partial charge in [-0.15, -0.1) is 0 Å². The van der Waals surface area contributed by atoms with E-state index in [1.165, 1.54) is 0 Å². The van der Waals surface area contributed by atoms with Crippen LogP contribution in [0.1, 0.15) is 20.3 Å². The Morgan fingerprint density at radius 2 is 2.00 bits per heavy atom. The van der Waals surface area contributed by atoms with Crippen molar-refractivity contribution in [2.45, 2.75) is 26.4 Å². The van der Waals surface area contributed by atoms with E-state index in [2.05, 4.69) is 13.2 Å². The van der Waals surface area contributed by atoms with Gasteiger partial charge in [0.25, 0.3) is 0 Å². The van der Waals surface area contributed by atoms with Crippen LogP contribution in [0.15, 0.2) is 6.58 Å². The van der Waals surface area contributed by atoms with Gasteiger partial charge in [-0.25, -0.2) is 0 Å². The first-order valence-corrected chi connectivity index (χ1v) is 2.94. The molecule has 0 aliphatic heterocycles. The van der Waals surface area contributed by atoms with Crippen molar-refractivity contribution in [3.63, 3.8) is 0 Å². The quantitative estimate of drug-likeness (QED) is 0.574. The molecule has 1 unspecified atom stereocenters. The zero-order valence-corrected chi connectivity index (χ0v) is 9.55. The molecule has 0 aromatic heterocycles. The molecular weight excluding hydrogens is 205 g/mol. The monoisotopic (exact) mass is 220 g/mol. The van der Waals surface area contributed by atoms with E-state index in [1.807, 2.05) is 13.8 Å². The fourth-order valence-electron chi connectivity index (χ4n) is 0.245. The van der Waals surface area contributed by atoms with Crippen LogP contribution in [0.25, 0.3) is 0 Å². The van der Waals surface area contributed by atoms with Crippen LogP contribution in [-0.4, -0.2) is 18.0 Å². The molecule has 1 radical (unpaired) electrons. The normalized spacial score (nSPS) is 10.3. The summed E-state index contributed by atoms with van der Waals surface area (Å²) in [5.41, 5.74) is 0. The molecule has 0 aromatic carbocycles. The number of ether oxygens (including phenoxy) is 1. The Morgan fingerprint density at radius 3 is 2.10 bits per heavy atom. The standard InChI is InChI=1S/C5H12O2.C2H3.Y/c1-3-5(2)7-4-6;1-2;/h5-6H,3-4H2,1-2H3;1H,2H2;/q;-1;. The summed E-state index contributed by atoms with van der Waals surface area (Å²) in [5.74, 6) is 0. The van der Waals surface area contributed by atoms with E-state index in [4.69, 9.17) is 9.84 Å². The summed E-state index contributed by atoms with van der Waals surface area (Å²) < 4.78 is 4.75. The molecule has 0 saturated carbocycles. The zero-order chi connectivity index (χ0) is 7.70. The summed E-state index contributed by atoms with van der Waals surface area (Å²) in [5, 5.41) is 8.15. The van der Waals surface area contributed by atoms with Gasteiger partial charge in [0, 0.05) is 32.7 Å². The molecule has 1 atom stereocenters. The second kappa shape index (κ2) is 16.4. The summed E-state index contributed by atoms with van der Waals surface area (Å²) in [6, 6.07) is 0. The first-order chi connectivity index (χ1) is 4.31. The van der Waals surface area contributed by atoms with Crippen LogP contribution >= 0.6 is 0 Å². The van der Waals surface area contributed by atoms with Gasteiger partial charge in [-0.1, -0.05) is 6.92 Å². The van der Waals surface area contributed by atoms with Crippen molar-refractivity contribution in [3.8, 4) is 0 Å². The molecule has 10 heavy (non-hydrogen) atoms. The van der Waals surface area contributed by atoms with E-state index in [1.54, 1.807) is 0 Å². The molecule has 3 heteroatoms. The summed E-state index contributed by atoms with van der Waals surface area (Å²) in [6.07, 6.45) is 1.16. The van der Waals surface area contributed by atoms with Gasteiger partial charge in [0.1, 0.15) is 6.79 Å². The minimum absolute atomic E-state index is 0. The molecule has 1 N–H and O–H groups in total. The Hall–Kier alpha value is 0.764. The first-order valence-electron chi connectivity index (χ1n) is 2.94. The average molecular weight is 220 g/mol.